The molecule has 0 aromatic carbocycles. The third-order valence-corrected chi connectivity index (χ3v) is 2.22. The molecule has 0 amide bonds. The van der Waals surface area contributed by atoms with Crippen LogP contribution in [0.4, 0.5) is 0 Å². The van der Waals surface area contributed by atoms with E-state index in [-0.39, 0.29) is 0 Å². The molecule has 1 aliphatic heterocycles. The zero-order valence-electron chi connectivity index (χ0n) is 7.86. The molecule has 0 radical (unpaired) electrons. The minimum Gasteiger partial charge on any atom is -0.464 e. The lowest BCUT2D eigenvalue weighted by atomic mass is 10.0. The van der Waals surface area contributed by atoms with Crippen LogP contribution in [-0.2, 0) is 4.74 Å². The lowest BCUT2D eigenvalue weighted by molar-refractivity contribution is 0.0593. The van der Waals surface area contributed by atoms with E-state index in [0.29, 0.717) is 17.4 Å². The van der Waals surface area contributed by atoms with E-state index in [1.807, 2.05) is 0 Å². The number of ether oxygens (including phenoxy) is 1. The van der Waals surface area contributed by atoms with E-state index < -0.39 is 5.97 Å². The number of nitrogens with one attached hydrogen (secondary N) is 1. The Bertz CT molecular complexity index is 350. The number of aromatic nitrogens is 2. The third-order valence-electron chi connectivity index (χ3n) is 2.22. The van der Waals surface area contributed by atoms with Crippen LogP contribution in [-0.4, -0.2) is 36.1 Å². The lowest BCUT2D eigenvalue weighted by Gasteiger charge is -2.25. The summed E-state index contributed by atoms with van der Waals surface area (Å²) in [5.41, 5.74) is 0.324. The van der Waals surface area contributed by atoms with E-state index in [0.717, 1.165) is 13.1 Å². The number of hydrogen-bond donors (Lipinski definition) is 1. The van der Waals surface area contributed by atoms with Gasteiger partial charge >= 0.3 is 5.97 Å². The fourth-order valence-corrected chi connectivity index (χ4v) is 1.26. The van der Waals surface area contributed by atoms with E-state index in [4.69, 9.17) is 0 Å². The molecule has 5 heteroatoms. The fraction of sp³-hybridized carbons (Fsp3) is 0.444. The van der Waals surface area contributed by atoms with E-state index >= 15 is 0 Å². The molecule has 1 fully saturated rings. The summed E-state index contributed by atoms with van der Waals surface area (Å²) in [7, 11) is 1.34. The maximum absolute atomic E-state index is 11.2. The second-order valence-electron chi connectivity index (χ2n) is 3.15. The molecule has 1 aromatic rings. The van der Waals surface area contributed by atoms with Gasteiger partial charge in [0.1, 0.15) is 5.82 Å². The van der Waals surface area contributed by atoms with Crippen molar-refractivity contribution in [3.05, 3.63) is 23.8 Å². The van der Waals surface area contributed by atoms with Crippen molar-refractivity contribution in [2.45, 2.75) is 5.92 Å². The summed E-state index contributed by atoms with van der Waals surface area (Å²) < 4.78 is 4.58. The Morgan fingerprint density at radius 1 is 1.64 bits per heavy atom. The Kier molecular flexibility index (Phi) is 2.41. The summed E-state index contributed by atoms with van der Waals surface area (Å²) >= 11 is 0. The van der Waals surface area contributed by atoms with Crippen LogP contribution in [0.15, 0.2) is 12.3 Å². The number of esters is 1. The largest absolute Gasteiger partial charge is 0.464 e. The molecule has 5 nitrogen and oxygen atoms in total. The first kappa shape index (κ1) is 9.08. The molecule has 1 aliphatic rings. The van der Waals surface area contributed by atoms with E-state index in [1.54, 1.807) is 12.3 Å². The van der Waals surface area contributed by atoms with Gasteiger partial charge in [0.25, 0.3) is 0 Å². The molecular weight excluding hydrogens is 182 g/mol. The second-order valence-corrected chi connectivity index (χ2v) is 3.15. The fourth-order valence-electron chi connectivity index (χ4n) is 1.26. The standard InChI is InChI=1S/C9H11N3O2/c1-14-9(13)7-2-3-11-8(12-7)6-4-10-5-6/h2-3,6,10H,4-5H2,1H3. The highest BCUT2D eigenvalue weighted by Gasteiger charge is 2.22. The van der Waals surface area contributed by atoms with Gasteiger partial charge in [0.05, 0.1) is 7.11 Å². The third kappa shape index (κ3) is 1.58. The predicted octanol–water partition coefficient (Wildman–Crippen LogP) is -0.0500. The average Bonchev–Trinajstić information content (AvgIpc) is 2.14. The number of rotatable bonds is 2. The van der Waals surface area contributed by atoms with Crippen molar-refractivity contribution in [1.82, 2.24) is 15.3 Å². The second kappa shape index (κ2) is 3.71. The highest BCUT2D eigenvalue weighted by atomic mass is 16.5. The van der Waals surface area contributed by atoms with Crippen molar-refractivity contribution in [3.8, 4) is 0 Å². The number of carbonyl (C=O) groups excluding carboxylic acids is 1. The van der Waals surface area contributed by atoms with Crippen LogP contribution in [0.2, 0.25) is 0 Å². The van der Waals surface area contributed by atoms with Crippen LogP contribution in [0.5, 0.6) is 0 Å². The summed E-state index contributed by atoms with van der Waals surface area (Å²) in [5, 5.41) is 3.13. The van der Waals surface area contributed by atoms with E-state index in [2.05, 4.69) is 20.0 Å². The summed E-state index contributed by atoms with van der Waals surface area (Å²) in [5.74, 6) is 0.632. The Balaban J connectivity index is 2.21. The van der Waals surface area contributed by atoms with Crippen molar-refractivity contribution in [2.75, 3.05) is 20.2 Å². The molecule has 2 heterocycles. The summed E-state index contributed by atoms with van der Waals surface area (Å²) in [4.78, 5) is 19.4. The molecule has 0 aliphatic carbocycles. The van der Waals surface area contributed by atoms with Crippen LogP contribution in [0, 0.1) is 0 Å². The van der Waals surface area contributed by atoms with Gasteiger partial charge in [0.15, 0.2) is 5.69 Å². The number of methoxy groups -OCH3 is 1. The van der Waals surface area contributed by atoms with Crippen LogP contribution >= 0.6 is 0 Å². The minimum absolute atomic E-state index is 0.324. The summed E-state index contributed by atoms with van der Waals surface area (Å²) in [6, 6.07) is 1.56. The smallest absolute Gasteiger partial charge is 0.356 e. The maximum atomic E-state index is 11.2. The van der Waals surface area contributed by atoms with Crippen LogP contribution in [0.1, 0.15) is 22.2 Å². The van der Waals surface area contributed by atoms with Crippen LogP contribution in [0.25, 0.3) is 0 Å². The highest BCUT2D eigenvalue weighted by molar-refractivity contribution is 5.86. The number of nitrogens with zero attached hydrogens (tertiary/aromatic N) is 2. The minimum atomic E-state index is -0.416. The molecule has 14 heavy (non-hydrogen) atoms. The Morgan fingerprint density at radius 3 is 3.00 bits per heavy atom. The quantitative estimate of drug-likeness (QED) is 0.667. The summed E-state index contributed by atoms with van der Waals surface area (Å²) in [6.45, 7) is 1.76. The SMILES string of the molecule is COC(=O)c1ccnc(C2CNC2)n1. The molecule has 1 N–H and O–H groups in total. The van der Waals surface area contributed by atoms with Crippen molar-refractivity contribution < 1.29 is 9.53 Å². The number of hydrogen-bond acceptors (Lipinski definition) is 5. The first-order chi connectivity index (χ1) is 6.81. The molecule has 74 valence electrons. The van der Waals surface area contributed by atoms with Gasteiger partial charge in [0.2, 0.25) is 0 Å². The average molecular weight is 193 g/mol. The first-order valence-corrected chi connectivity index (χ1v) is 4.43. The van der Waals surface area contributed by atoms with E-state index in [1.165, 1.54) is 7.11 Å². The monoisotopic (exact) mass is 193 g/mol. The predicted molar refractivity (Wildman–Crippen MR) is 49.0 cm³/mol. The molecule has 2 rings (SSSR count). The van der Waals surface area contributed by atoms with Gasteiger partial charge in [-0.05, 0) is 6.07 Å². The van der Waals surface area contributed by atoms with Gasteiger partial charge in [-0.2, -0.15) is 0 Å². The van der Waals surface area contributed by atoms with Gasteiger partial charge in [-0.1, -0.05) is 0 Å². The molecule has 0 unspecified atom stereocenters. The van der Waals surface area contributed by atoms with Crippen molar-refractivity contribution in [3.63, 3.8) is 0 Å². The van der Waals surface area contributed by atoms with Gasteiger partial charge in [-0.15, -0.1) is 0 Å². The molecule has 1 saturated heterocycles. The first-order valence-electron chi connectivity index (χ1n) is 4.43. The van der Waals surface area contributed by atoms with Gasteiger partial charge in [0, 0.05) is 25.2 Å². The highest BCUT2D eigenvalue weighted by Crippen LogP contribution is 2.15. The van der Waals surface area contributed by atoms with Crippen molar-refractivity contribution >= 4 is 5.97 Å². The Morgan fingerprint density at radius 2 is 2.43 bits per heavy atom. The maximum Gasteiger partial charge on any atom is 0.356 e. The van der Waals surface area contributed by atoms with Crippen LogP contribution < -0.4 is 5.32 Å². The lowest BCUT2D eigenvalue weighted by Crippen LogP contribution is -2.41. The Hall–Kier alpha value is -1.49. The van der Waals surface area contributed by atoms with Crippen molar-refractivity contribution in [2.24, 2.45) is 0 Å². The summed E-state index contributed by atoms with van der Waals surface area (Å²) in [6.07, 6.45) is 1.59. The molecule has 0 atom stereocenters. The molecular formula is C9H11N3O2. The molecule has 0 spiro atoms. The Labute approximate surface area is 81.5 Å². The van der Waals surface area contributed by atoms with E-state index in [9.17, 15) is 4.79 Å². The normalized spacial score (nSPS) is 16.1. The zero-order chi connectivity index (χ0) is 9.97. The van der Waals surface area contributed by atoms with Gasteiger partial charge in [-0.3, -0.25) is 0 Å². The molecule has 0 saturated carbocycles. The number of carbonyl (C=O) groups is 1. The molecule has 0 bridgehead atoms. The van der Waals surface area contributed by atoms with Gasteiger partial charge < -0.3 is 10.1 Å². The molecule has 1 aromatic heterocycles. The zero-order valence-corrected chi connectivity index (χ0v) is 7.86. The van der Waals surface area contributed by atoms with Gasteiger partial charge in [-0.25, -0.2) is 14.8 Å². The van der Waals surface area contributed by atoms with Crippen LogP contribution in [0.3, 0.4) is 0 Å². The van der Waals surface area contributed by atoms with Crippen molar-refractivity contribution in [1.29, 1.82) is 0 Å². The topological polar surface area (TPSA) is 64.1 Å².